The second-order valence-corrected chi connectivity index (χ2v) is 7.77. The van der Waals surface area contributed by atoms with E-state index in [1.807, 2.05) is 48.5 Å². The molecule has 0 aliphatic carbocycles. The molecule has 4 rings (SSSR count). The predicted octanol–water partition coefficient (Wildman–Crippen LogP) is 7.06. The third-order valence-electron chi connectivity index (χ3n) is 4.55. The van der Waals surface area contributed by atoms with Crippen LogP contribution in [0, 0.1) is 0 Å². The first-order chi connectivity index (χ1) is 14.0. The number of carbonyl (C=O) groups excluding carboxylic acids is 1. The van der Waals surface area contributed by atoms with Crippen molar-refractivity contribution in [1.29, 1.82) is 0 Å². The third kappa shape index (κ3) is 4.43. The number of aryl methyl sites for hydroxylation is 1. The maximum absolute atomic E-state index is 12.5. The Hall–Kier alpha value is -2.46. The monoisotopic (exact) mass is 443 g/mol. The molecule has 0 atom stereocenters. The molecule has 0 radical (unpaired) electrons. The normalized spacial score (nSPS) is 14.0. The van der Waals surface area contributed by atoms with Crippen LogP contribution in [0.1, 0.15) is 16.7 Å². The van der Waals surface area contributed by atoms with Gasteiger partial charge in [-0.25, -0.2) is 0 Å². The molecule has 1 N–H and O–H groups in total. The zero-order chi connectivity index (χ0) is 20.4. The number of halogens is 3. The molecule has 1 aliphatic heterocycles. The molecule has 0 saturated heterocycles. The van der Waals surface area contributed by atoms with Gasteiger partial charge in [-0.2, -0.15) is 0 Å². The maximum Gasteiger partial charge on any atom is 0.256 e. The van der Waals surface area contributed by atoms with Gasteiger partial charge in [0.1, 0.15) is 11.5 Å². The minimum atomic E-state index is -0.126. The summed E-state index contributed by atoms with van der Waals surface area (Å²) in [6.45, 7) is 0. The summed E-state index contributed by atoms with van der Waals surface area (Å²) in [5, 5.41) is 3.80. The minimum Gasteiger partial charge on any atom is -0.457 e. The molecule has 0 fully saturated rings. The Morgan fingerprint density at radius 2 is 1.76 bits per heavy atom. The van der Waals surface area contributed by atoms with Gasteiger partial charge in [0.05, 0.1) is 10.0 Å². The van der Waals surface area contributed by atoms with E-state index in [1.165, 1.54) is 0 Å². The van der Waals surface area contributed by atoms with Gasteiger partial charge >= 0.3 is 0 Å². The molecule has 0 spiro atoms. The number of nitrogens with one attached hydrogen (secondary N) is 1. The quantitative estimate of drug-likeness (QED) is 0.338. The van der Waals surface area contributed by atoms with Crippen molar-refractivity contribution in [2.45, 2.75) is 6.42 Å². The summed E-state index contributed by atoms with van der Waals surface area (Å²) < 4.78 is 5.88. The van der Waals surface area contributed by atoms with Gasteiger partial charge in [0.15, 0.2) is 0 Å². The number of hydrogen-bond donors (Lipinski definition) is 1. The van der Waals surface area contributed by atoms with Crippen molar-refractivity contribution in [2.75, 3.05) is 11.2 Å². The van der Waals surface area contributed by atoms with Gasteiger partial charge in [-0.1, -0.05) is 41.4 Å². The fourth-order valence-electron chi connectivity index (χ4n) is 3.15. The number of anilines is 1. The average Bonchev–Trinajstić information content (AvgIpc) is 3.00. The van der Waals surface area contributed by atoms with E-state index < -0.39 is 0 Å². The van der Waals surface area contributed by atoms with E-state index in [4.69, 9.17) is 39.5 Å². The van der Waals surface area contributed by atoms with E-state index in [-0.39, 0.29) is 5.91 Å². The van der Waals surface area contributed by atoms with Crippen LogP contribution in [0.15, 0.2) is 60.7 Å². The molecule has 6 heteroatoms. The van der Waals surface area contributed by atoms with Crippen LogP contribution in [0.3, 0.4) is 0 Å². The summed E-state index contributed by atoms with van der Waals surface area (Å²) in [6, 6.07) is 18.5. The molecule has 1 amide bonds. The smallest absolute Gasteiger partial charge is 0.256 e. The molecule has 1 heterocycles. The summed E-state index contributed by atoms with van der Waals surface area (Å²) in [4.78, 5) is 12.5. The van der Waals surface area contributed by atoms with E-state index in [0.29, 0.717) is 33.0 Å². The Kier molecular flexibility index (Phi) is 5.81. The first-order valence-electron chi connectivity index (χ1n) is 8.99. The van der Waals surface area contributed by atoms with Crippen LogP contribution >= 0.6 is 34.8 Å². The molecule has 3 nitrogen and oxygen atoms in total. The summed E-state index contributed by atoms with van der Waals surface area (Å²) >= 11 is 17.9. The van der Waals surface area contributed by atoms with Crippen LogP contribution in [0.4, 0.5) is 5.69 Å². The zero-order valence-corrected chi connectivity index (χ0v) is 17.5. The largest absolute Gasteiger partial charge is 0.457 e. The van der Waals surface area contributed by atoms with Crippen molar-refractivity contribution in [3.8, 4) is 11.5 Å². The number of fused-ring (bicyclic) bond motifs is 1. The molecule has 29 heavy (non-hydrogen) atoms. The van der Waals surface area contributed by atoms with Gasteiger partial charge in [0.2, 0.25) is 0 Å². The van der Waals surface area contributed by atoms with Gasteiger partial charge in [0.25, 0.3) is 5.91 Å². The number of hydrogen-bond acceptors (Lipinski definition) is 2. The van der Waals surface area contributed by atoms with Crippen LogP contribution in [0.5, 0.6) is 11.5 Å². The number of carbonyl (C=O) groups is 1. The highest BCUT2D eigenvalue weighted by Gasteiger charge is 2.24. The lowest BCUT2D eigenvalue weighted by molar-refractivity contribution is -0.110. The van der Waals surface area contributed by atoms with E-state index in [2.05, 4.69) is 5.32 Å². The van der Waals surface area contributed by atoms with E-state index in [1.54, 1.807) is 18.2 Å². The van der Waals surface area contributed by atoms with Crippen molar-refractivity contribution in [2.24, 2.45) is 0 Å². The molecule has 0 bridgehead atoms. The minimum absolute atomic E-state index is 0.126. The fourth-order valence-corrected chi connectivity index (χ4v) is 3.66. The molecule has 0 unspecified atom stereocenters. The van der Waals surface area contributed by atoms with E-state index in [9.17, 15) is 4.79 Å². The molecule has 1 aliphatic rings. The van der Waals surface area contributed by atoms with Gasteiger partial charge < -0.3 is 10.1 Å². The highest BCUT2D eigenvalue weighted by molar-refractivity contribution is 6.42. The van der Waals surface area contributed by atoms with Gasteiger partial charge in [0, 0.05) is 28.8 Å². The van der Waals surface area contributed by atoms with Crippen molar-refractivity contribution < 1.29 is 9.53 Å². The molecular formula is C23H16Cl3NO2. The van der Waals surface area contributed by atoms with E-state index in [0.717, 1.165) is 28.8 Å². The number of rotatable bonds is 5. The lowest BCUT2D eigenvalue weighted by atomic mass is 10.0. The van der Waals surface area contributed by atoms with Crippen LogP contribution in [-0.2, 0) is 11.2 Å². The van der Waals surface area contributed by atoms with Gasteiger partial charge in [-0.3, -0.25) is 4.79 Å². The van der Waals surface area contributed by atoms with Crippen molar-refractivity contribution >= 4 is 58.0 Å². The topological polar surface area (TPSA) is 38.3 Å². The summed E-state index contributed by atoms with van der Waals surface area (Å²) in [5.74, 6) is 1.62. The highest BCUT2D eigenvalue weighted by atomic mass is 35.5. The Morgan fingerprint density at radius 1 is 0.931 bits per heavy atom. The number of alkyl halides is 1. The lowest BCUT2D eigenvalue weighted by Crippen LogP contribution is -2.03. The van der Waals surface area contributed by atoms with E-state index >= 15 is 0 Å². The Labute approximate surface area is 183 Å². The first kappa shape index (κ1) is 19.8. The second-order valence-electron chi connectivity index (χ2n) is 6.58. The van der Waals surface area contributed by atoms with Gasteiger partial charge in [-0.05, 0) is 60.0 Å². The molecule has 3 aromatic carbocycles. The van der Waals surface area contributed by atoms with Crippen LogP contribution in [0.2, 0.25) is 10.0 Å². The molecule has 3 aromatic rings. The predicted molar refractivity (Wildman–Crippen MR) is 120 cm³/mol. The third-order valence-corrected chi connectivity index (χ3v) is 5.47. The first-order valence-corrected chi connectivity index (χ1v) is 10.3. The van der Waals surface area contributed by atoms with Crippen molar-refractivity contribution in [3.63, 3.8) is 0 Å². The standard InChI is InChI=1S/C23H16Cl3NO2/c24-9-8-14-4-7-22-18(11-14)19(23(28)27-22)12-15-2-1-3-16(10-15)29-17-5-6-20(25)21(26)13-17/h1-7,10-13H,8-9H2,(H,27,28). The number of benzene rings is 3. The zero-order valence-electron chi connectivity index (χ0n) is 15.2. The average molecular weight is 445 g/mol. The summed E-state index contributed by atoms with van der Waals surface area (Å²) in [6.07, 6.45) is 2.61. The number of ether oxygens (including phenoxy) is 1. The molecule has 0 saturated carbocycles. The molecular weight excluding hydrogens is 429 g/mol. The summed E-state index contributed by atoms with van der Waals surface area (Å²) in [5.41, 5.74) is 4.25. The molecule has 0 aromatic heterocycles. The van der Waals surface area contributed by atoms with Crippen molar-refractivity contribution in [1.82, 2.24) is 0 Å². The van der Waals surface area contributed by atoms with Gasteiger partial charge in [-0.15, -0.1) is 11.6 Å². The second kappa shape index (κ2) is 8.50. The lowest BCUT2D eigenvalue weighted by Gasteiger charge is -2.08. The van der Waals surface area contributed by atoms with Crippen LogP contribution in [-0.4, -0.2) is 11.8 Å². The Bertz CT molecular complexity index is 1120. The number of amides is 1. The summed E-state index contributed by atoms with van der Waals surface area (Å²) in [7, 11) is 0. The maximum atomic E-state index is 12.5. The van der Waals surface area contributed by atoms with Crippen LogP contribution in [0.25, 0.3) is 11.6 Å². The van der Waals surface area contributed by atoms with Crippen LogP contribution < -0.4 is 10.1 Å². The SMILES string of the molecule is O=C1Nc2ccc(CCCl)cc2C1=Cc1cccc(Oc2ccc(Cl)c(Cl)c2)c1. The Morgan fingerprint density at radius 3 is 2.55 bits per heavy atom. The Balaban J connectivity index is 1.64. The molecule has 146 valence electrons. The highest BCUT2D eigenvalue weighted by Crippen LogP contribution is 2.35. The van der Waals surface area contributed by atoms with Crippen molar-refractivity contribution in [3.05, 3.63) is 87.4 Å². The fraction of sp³-hybridized carbons (Fsp3) is 0.0870.